The molecule has 3 N–H and O–H groups in total. The van der Waals surface area contributed by atoms with E-state index in [1.807, 2.05) is 19.1 Å². The van der Waals surface area contributed by atoms with Crippen molar-refractivity contribution >= 4 is 11.8 Å². The van der Waals surface area contributed by atoms with E-state index in [1.54, 1.807) is 0 Å². The molecular formula is C18H22N4O2. The van der Waals surface area contributed by atoms with Crippen molar-refractivity contribution in [2.24, 2.45) is 5.73 Å². The summed E-state index contributed by atoms with van der Waals surface area (Å²) >= 11 is 0. The van der Waals surface area contributed by atoms with E-state index in [4.69, 9.17) is 5.73 Å². The number of nitrogens with zero attached hydrogens (tertiary/aromatic N) is 2. The van der Waals surface area contributed by atoms with Crippen LogP contribution in [0.5, 0.6) is 0 Å². The summed E-state index contributed by atoms with van der Waals surface area (Å²) < 4.78 is 0. The Morgan fingerprint density at radius 3 is 2.08 bits per heavy atom. The molecule has 24 heavy (non-hydrogen) atoms. The van der Waals surface area contributed by atoms with Crippen molar-refractivity contribution in [3.63, 3.8) is 0 Å². The Bertz CT molecular complexity index is 748. The Morgan fingerprint density at radius 1 is 1.04 bits per heavy atom. The molecule has 2 amide bonds. The molecule has 0 spiro atoms. The summed E-state index contributed by atoms with van der Waals surface area (Å²) in [7, 11) is 0. The maximum absolute atomic E-state index is 12.4. The van der Waals surface area contributed by atoms with Crippen LogP contribution in [-0.2, 0) is 5.41 Å². The molecule has 1 aromatic carbocycles. The van der Waals surface area contributed by atoms with Gasteiger partial charge in [0.25, 0.3) is 11.8 Å². The SMILES string of the molecule is CC(NC(=O)c1nccnc1C(N)=O)c1ccc(C(C)(C)C)cc1. The minimum Gasteiger partial charge on any atom is -0.364 e. The average Bonchev–Trinajstić information content (AvgIpc) is 2.54. The fraction of sp³-hybridized carbons (Fsp3) is 0.333. The number of nitrogens with two attached hydrogens (primary N) is 1. The van der Waals surface area contributed by atoms with E-state index in [1.165, 1.54) is 18.0 Å². The van der Waals surface area contributed by atoms with E-state index in [-0.39, 0.29) is 22.8 Å². The van der Waals surface area contributed by atoms with Gasteiger partial charge in [-0.1, -0.05) is 45.0 Å². The minimum absolute atomic E-state index is 0.0665. The molecule has 0 aliphatic heterocycles. The van der Waals surface area contributed by atoms with Gasteiger partial charge in [-0.2, -0.15) is 0 Å². The van der Waals surface area contributed by atoms with E-state index in [2.05, 4.69) is 48.2 Å². The molecule has 0 aliphatic rings. The second-order valence-corrected chi connectivity index (χ2v) is 6.68. The highest BCUT2D eigenvalue weighted by Gasteiger charge is 2.20. The van der Waals surface area contributed by atoms with E-state index < -0.39 is 11.8 Å². The average molecular weight is 326 g/mol. The number of carbonyl (C=O) groups excluding carboxylic acids is 2. The van der Waals surface area contributed by atoms with Crippen molar-refractivity contribution in [2.45, 2.75) is 39.2 Å². The standard InChI is InChI=1S/C18H22N4O2/c1-11(12-5-7-13(8-6-12)18(2,3)4)22-17(24)15-14(16(19)23)20-9-10-21-15/h5-11H,1-4H3,(H2,19,23)(H,22,24). The summed E-state index contributed by atoms with van der Waals surface area (Å²) in [6.45, 7) is 8.30. The molecule has 2 aromatic rings. The van der Waals surface area contributed by atoms with Crippen molar-refractivity contribution in [3.8, 4) is 0 Å². The normalized spacial score (nSPS) is 12.5. The largest absolute Gasteiger partial charge is 0.364 e. The highest BCUT2D eigenvalue weighted by atomic mass is 16.2. The first kappa shape index (κ1) is 17.6. The molecule has 2 rings (SSSR count). The van der Waals surface area contributed by atoms with Crippen molar-refractivity contribution in [3.05, 3.63) is 59.2 Å². The third kappa shape index (κ3) is 3.95. The molecule has 0 radical (unpaired) electrons. The van der Waals surface area contributed by atoms with Gasteiger partial charge in [-0.25, -0.2) is 9.97 Å². The number of carbonyl (C=O) groups is 2. The lowest BCUT2D eigenvalue weighted by Crippen LogP contribution is -2.30. The highest BCUT2D eigenvalue weighted by molar-refractivity contribution is 6.04. The van der Waals surface area contributed by atoms with Gasteiger partial charge < -0.3 is 11.1 Å². The van der Waals surface area contributed by atoms with Gasteiger partial charge >= 0.3 is 0 Å². The number of hydrogen-bond acceptors (Lipinski definition) is 4. The Labute approximate surface area is 141 Å². The van der Waals surface area contributed by atoms with Gasteiger partial charge in [0.15, 0.2) is 11.4 Å². The molecule has 6 nitrogen and oxygen atoms in total. The van der Waals surface area contributed by atoms with Gasteiger partial charge in [-0.3, -0.25) is 9.59 Å². The van der Waals surface area contributed by atoms with Gasteiger partial charge in [0.2, 0.25) is 0 Å². The van der Waals surface area contributed by atoms with E-state index in [9.17, 15) is 9.59 Å². The van der Waals surface area contributed by atoms with E-state index in [0.29, 0.717) is 0 Å². The van der Waals surface area contributed by atoms with Crippen molar-refractivity contribution in [2.75, 3.05) is 0 Å². The smallest absolute Gasteiger partial charge is 0.272 e. The Balaban J connectivity index is 2.16. The lowest BCUT2D eigenvalue weighted by atomic mass is 9.86. The summed E-state index contributed by atoms with van der Waals surface area (Å²) in [6, 6.07) is 7.83. The number of aromatic nitrogens is 2. The summed E-state index contributed by atoms with van der Waals surface area (Å²) in [5, 5.41) is 2.82. The molecule has 6 heteroatoms. The highest BCUT2D eigenvalue weighted by Crippen LogP contribution is 2.24. The quantitative estimate of drug-likeness (QED) is 0.901. The third-order valence-electron chi connectivity index (χ3n) is 3.77. The molecule has 0 saturated carbocycles. The van der Waals surface area contributed by atoms with Crippen molar-refractivity contribution < 1.29 is 9.59 Å². The Morgan fingerprint density at radius 2 is 1.58 bits per heavy atom. The molecular weight excluding hydrogens is 304 g/mol. The summed E-state index contributed by atoms with van der Waals surface area (Å²) in [5.74, 6) is -1.26. The van der Waals surface area contributed by atoms with Crippen LogP contribution < -0.4 is 11.1 Å². The van der Waals surface area contributed by atoms with Crippen molar-refractivity contribution in [1.82, 2.24) is 15.3 Å². The molecule has 0 aliphatic carbocycles. The first-order chi connectivity index (χ1) is 11.2. The van der Waals surface area contributed by atoms with Crippen LogP contribution in [0.15, 0.2) is 36.7 Å². The number of primary amides is 1. The van der Waals surface area contributed by atoms with Crippen LogP contribution in [0.25, 0.3) is 0 Å². The van der Waals surface area contributed by atoms with Crippen LogP contribution in [0, 0.1) is 0 Å². The van der Waals surface area contributed by atoms with Gasteiger partial charge in [-0.05, 0) is 23.5 Å². The molecule has 1 aromatic heterocycles. The van der Waals surface area contributed by atoms with Gasteiger partial charge in [0.1, 0.15) is 0 Å². The number of hydrogen-bond donors (Lipinski definition) is 2. The predicted octanol–water partition coefficient (Wildman–Crippen LogP) is 2.36. The monoisotopic (exact) mass is 326 g/mol. The molecule has 126 valence electrons. The van der Waals surface area contributed by atoms with Crippen LogP contribution in [0.1, 0.15) is 65.8 Å². The topological polar surface area (TPSA) is 98.0 Å². The maximum atomic E-state index is 12.4. The molecule has 0 saturated heterocycles. The first-order valence-corrected chi connectivity index (χ1v) is 7.72. The zero-order chi connectivity index (χ0) is 17.9. The van der Waals surface area contributed by atoms with Crippen LogP contribution in [0.2, 0.25) is 0 Å². The van der Waals surface area contributed by atoms with Crippen LogP contribution in [0.3, 0.4) is 0 Å². The minimum atomic E-state index is -0.782. The van der Waals surface area contributed by atoms with Crippen molar-refractivity contribution in [1.29, 1.82) is 0 Å². The lowest BCUT2D eigenvalue weighted by Gasteiger charge is -2.20. The van der Waals surface area contributed by atoms with E-state index in [0.717, 1.165) is 5.56 Å². The van der Waals surface area contributed by atoms with Crippen LogP contribution in [0.4, 0.5) is 0 Å². The molecule has 1 atom stereocenters. The first-order valence-electron chi connectivity index (χ1n) is 7.72. The second-order valence-electron chi connectivity index (χ2n) is 6.68. The fourth-order valence-electron chi connectivity index (χ4n) is 2.30. The number of rotatable bonds is 4. The van der Waals surface area contributed by atoms with E-state index >= 15 is 0 Å². The predicted molar refractivity (Wildman–Crippen MR) is 91.6 cm³/mol. The van der Waals surface area contributed by atoms with Gasteiger partial charge in [-0.15, -0.1) is 0 Å². The molecule has 0 bridgehead atoms. The third-order valence-corrected chi connectivity index (χ3v) is 3.77. The van der Waals surface area contributed by atoms with Crippen LogP contribution in [-0.4, -0.2) is 21.8 Å². The zero-order valence-corrected chi connectivity index (χ0v) is 14.3. The fourth-order valence-corrected chi connectivity index (χ4v) is 2.30. The molecule has 1 unspecified atom stereocenters. The number of benzene rings is 1. The van der Waals surface area contributed by atoms with Crippen LogP contribution >= 0.6 is 0 Å². The summed E-state index contributed by atoms with van der Waals surface area (Å²) in [6.07, 6.45) is 2.68. The van der Waals surface area contributed by atoms with Gasteiger partial charge in [0, 0.05) is 12.4 Å². The summed E-state index contributed by atoms with van der Waals surface area (Å²) in [5.41, 5.74) is 7.28. The zero-order valence-electron chi connectivity index (χ0n) is 14.3. The summed E-state index contributed by atoms with van der Waals surface area (Å²) in [4.78, 5) is 31.4. The molecule has 0 fully saturated rings. The maximum Gasteiger partial charge on any atom is 0.272 e. The van der Waals surface area contributed by atoms with Gasteiger partial charge in [0.05, 0.1) is 6.04 Å². The lowest BCUT2D eigenvalue weighted by molar-refractivity contribution is 0.0917. The second kappa shape index (κ2) is 6.78. The number of amides is 2. The Kier molecular flexibility index (Phi) is 4.97. The number of nitrogens with one attached hydrogen (secondary N) is 1. The Hall–Kier alpha value is -2.76. The molecule has 1 heterocycles.